The van der Waals surface area contributed by atoms with E-state index in [1.807, 2.05) is 12.1 Å². The average molecular weight is 422 g/mol. The van der Waals surface area contributed by atoms with Crippen molar-refractivity contribution in [2.45, 2.75) is 26.2 Å². The number of fused-ring (bicyclic) bond motifs is 1. The summed E-state index contributed by atoms with van der Waals surface area (Å²) < 4.78 is 11.1. The van der Waals surface area contributed by atoms with Gasteiger partial charge in [-0.3, -0.25) is 9.69 Å². The number of anilines is 1. The molecule has 1 aliphatic rings. The third-order valence-electron chi connectivity index (χ3n) is 5.60. The van der Waals surface area contributed by atoms with Crippen LogP contribution in [-0.2, 0) is 11.2 Å². The highest BCUT2D eigenvalue weighted by atomic mass is 16.5. The third kappa shape index (κ3) is 5.06. The minimum atomic E-state index is -0.579. The van der Waals surface area contributed by atoms with E-state index in [0.717, 1.165) is 19.6 Å². The fourth-order valence-electron chi connectivity index (χ4n) is 3.92. The zero-order chi connectivity index (χ0) is 21.8. The Kier molecular flexibility index (Phi) is 6.23. The number of likely N-dealkylation sites (tertiary alicyclic amines) is 1. The number of aryl methyl sites for hydroxylation is 1. The highest BCUT2D eigenvalue weighted by Gasteiger charge is 2.16. The summed E-state index contributed by atoms with van der Waals surface area (Å²) >= 11 is 0. The second-order valence-corrected chi connectivity index (χ2v) is 7.82. The number of ether oxygens (including phenoxy) is 1. The molecule has 0 unspecified atom stereocenters. The van der Waals surface area contributed by atoms with Crippen LogP contribution in [-0.4, -0.2) is 42.2 Å². The maximum absolute atomic E-state index is 12.6. The summed E-state index contributed by atoms with van der Waals surface area (Å²) in [5.74, 6) is 0.393. The molecule has 0 atom stereocenters. The topological polar surface area (TPSA) is 92.0 Å². The molecule has 0 spiro atoms. The van der Waals surface area contributed by atoms with E-state index < -0.39 is 5.63 Å². The van der Waals surface area contributed by atoms with Gasteiger partial charge in [0.1, 0.15) is 23.7 Å². The number of nitrogens with zero attached hydrogens (tertiary/aromatic N) is 1. The first-order valence-electron chi connectivity index (χ1n) is 10.5. The van der Waals surface area contributed by atoms with Gasteiger partial charge >= 0.3 is 5.63 Å². The number of benzene rings is 2. The van der Waals surface area contributed by atoms with Crippen molar-refractivity contribution in [3.05, 3.63) is 64.0 Å². The highest BCUT2D eigenvalue weighted by Crippen LogP contribution is 2.24. The summed E-state index contributed by atoms with van der Waals surface area (Å²) in [6.45, 7) is 5.52. The van der Waals surface area contributed by atoms with Crippen molar-refractivity contribution in [2.24, 2.45) is 0 Å². The molecule has 2 N–H and O–H groups in total. The SMILES string of the molecule is Cc1c(CC(=O)Nc2cccc(OCCN3CCCC3)c2)c(=O)oc2cc(O)ccc12. The van der Waals surface area contributed by atoms with E-state index in [4.69, 9.17) is 9.15 Å². The number of aromatic hydroxyl groups is 1. The quantitative estimate of drug-likeness (QED) is 0.567. The number of nitrogens with one attached hydrogen (secondary N) is 1. The molecule has 1 amide bonds. The zero-order valence-corrected chi connectivity index (χ0v) is 17.5. The molecule has 1 aromatic heterocycles. The van der Waals surface area contributed by atoms with E-state index in [2.05, 4.69) is 10.2 Å². The number of phenolic OH excluding ortho intramolecular Hbond substituents is 1. The monoisotopic (exact) mass is 422 g/mol. The van der Waals surface area contributed by atoms with Gasteiger partial charge in [0.2, 0.25) is 5.91 Å². The number of hydrogen-bond acceptors (Lipinski definition) is 6. The Hall–Kier alpha value is -3.32. The van der Waals surface area contributed by atoms with Gasteiger partial charge in [0, 0.05) is 29.8 Å². The maximum atomic E-state index is 12.6. The molecule has 0 aliphatic carbocycles. The van der Waals surface area contributed by atoms with Crippen molar-refractivity contribution in [1.29, 1.82) is 0 Å². The number of rotatable bonds is 7. The molecule has 1 saturated heterocycles. The minimum absolute atomic E-state index is 0.0167. The summed E-state index contributed by atoms with van der Waals surface area (Å²) in [5, 5.41) is 13.1. The lowest BCUT2D eigenvalue weighted by molar-refractivity contribution is -0.115. The number of hydrogen-bond donors (Lipinski definition) is 2. The summed E-state index contributed by atoms with van der Waals surface area (Å²) in [6, 6.07) is 11.8. The average Bonchev–Trinajstić information content (AvgIpc) is 3.25. The first kappa shape index (κ1) is 20.9. The predicted octanol–water partition coefficient (Wildman–Crippen LogP) is 3.46. The number of carbonyl (C=O) groups excluding carboxylic acids is 1. The number of amides is 1. The smallest absolute Gasteiger partial charge is 0.340 e. The van der Waals surface area contributed by atoms with Crippen molar-refractivity contribution >= 4 is 22.6 Å². The van der Waals surface area contributed by atoms with Crippen molar-refractivity contribution in [3.63, 3.8) is 0 Å². The summed E-state index contributed by atoms with van der Waals surface area (Å²) in [5.41, 5.74) is 1.29. The van der Waals surface area contributed by atoms with Gasteiger partial charge in [-0.15, -0.1) is 0 Å². The van der Waals surface area contributed by atoms with Crippen LogP contribution in [0.2, 0.25) is 0 Å². The summed E-state index contributed by atoms with van der Waals surface area (Å²) in [7, 11) is 0. The lowest BCUT2D eigenvalue weighted by atomic mass is 10.0. The van der Waals surface area contributed by atoms with Gasteiger partial charge < -0.3 is 19.6 Å². The van der Waals surface area contributed by atoms with E-state index in [9.17, 15) is 14.7 Å². The summed E-state index contributed by atoms with van der Waals surface area (Å²) in [6.07, 6.45) is 2.39. The van der Waals surface area contributed by atoms with Crippen molar-refractivity contribution < 1.29 is 19.1 Å². The van der Waals surface area contributed by atoms with Gasteiger partial charge in [-0.25, -0.2) is 4.79 Å². The van der Waals surface area contributed by atoms with Crippen LogP contribution in [0.15, 0.2) is 51.7 Å². The maximum Gasteiger partial charge on any atom is 0.340 e. The van der Waals surface area contributed by atoms with Crippen LogP contribution >= 0.6 is 0 Å². The van der Waals surface area contributed by atoms with Crippen LogP contribution in [0.3, 0.4) is 0 Å². The molecule has 2 heterocycles. The molecule has 162 valence electrons. The van der Waals surface area contributed by atoms with E-state index >= 15 is 0 Å². The zero-order valence-electron chi connectivity index (χ0n) is 17.5. The Balaban J connectivity index is 1.40. The Labute approximate surface area is 180 Å². The van der Waals surface area contributed by atoms with Crippen LogP contribution in [0.4, 0.5) is 5.69 Å². The van der Waals surface area contributed by atoms with E-state index in [-0.39, 0.29) is 18.1 Å². The standard InChI is InChI=1S/C24H26N2O5/c1-16-20-8-7-18(27)14-22(20)31-24(29)21(16)15-23(28)25-17-5-4-6-19(13-17)30-12-11-26-9-2-3-10-26/h4-8,13-14,27H,2-3,9-12,15H2,1H3,(H,25,28). The van der Waals surface area contributed by atoms with Crippen molar-refractivity contribution in [2.75, 3.05) is 31.6 Å². The van der Waals surface area contributed by atoms with E-state index in [1.165, 1.54) is 25.0 Å². The molecule has 7 nitrogen and oxygen atoms in total. The van der Waals surface area contributed by atoms with Crippen LogP contribution in [0, 0.1) is 6.92 Å². The van der Waals surface area contributed by atoms with Gasteiger partial charge in [0.05, 0.1) is 12.0 Å². The lowest BCUT2D eigenvalue weighted by Crippen LogP contribution is -2.25. The molecule has 2 aromatic carbocycles. The first-order chi connectivity index (χ1) is 15.0. The second kappa shape index (κ2) is 9.22. The largest absolute Gasteiger partial charge is 0.508 e. The normalized spacial score (nSPS) is 14.1. The highest BCUT2D eigenvalue weighted by molar-refractivity contribution is 5.93. The third-order valence-corrected chi connectivity index (χ3v) is 5.60. The fraction of sp³-hybridized carbons (Fsp3) is 0.333. The molecule has 3 aromatic rings. The van der Waals surface area contributed by atoms with Crippen molar-refractivity contribution in [1.82, 2.24) is 4.90 Å². The van der Waals surface area contributed by atoms with Crippen LogP contribution in [0.1, 0.15) is 24.0 Å². The van der Waals surface area contributed by atoms with Gasteiger partial charge in [-0.05, 0) is 62.7 Å². The van der Waals surface area contributed by atoms with Gasteiger partial charge in [-0.1, -0.05) is 6.07 Å². The molecular formula is C24H26N2O5. The second-order valence-electron chi connectivity index (χ2n) is 7.82. The molecule has 4 rings (SSSR count). The molecule has 0 radical (unpaired) electrons. The molecular weight excluding hydrogens is 396 g/mol. The lowest BCUT2D eigenvalue weighted by Gasteiger charge is -2.15. The van der Waals surface area contributed by atoms with E-state index in [1.54, 1.807) is 25.1 Å². The molecule has 7 heteroatoms. The molecule has 0 bridgehead atoms. The Morgan fingerprint density at radius 3 is 2.81 bits per heavy atom. The van der Waals surface area contributed by atoms with Crippen LogP contribution < -0.4 is 15.7 Å². The van der Waals surface area contributed by atoms with Crippen molar-refractivity contribution in [3.8, 4) is 11.5 Å². The predicted molar refractivity (Wildman–Crippen MR) is 119 cm³/mol. The first-order valence-corrected chi connectivity index (χ1v) is 10.5. The Morgan fingerprint density at radius 1 is 1.19 bits per heavy atom. The van der Waals surface area contributed by atoms with Crippen LogP contribution in [0.25, 0.3) is 11.0 Å². The van der Waals surface area contributed by atoms with Crippen LogP contribution in [0.5, 0.6) is 11.5 Å². The van der Waals surface area contributed by atoms with Gasteiger partial charge in [-0.2, -0.15) is 0 Å². The molecule has 31 heavy (non-hydrogen) atoms. The minimum Gasteiger partial charge on any atom is -0.508 e. The van der Waals surface area contributed by atoms with Gasteiger partial charge in [0.25, 0.3) is 0 Å². The molecule has 1 fully saturated rings. The summed E-state index contributed by atoms with van der Waals surface area (Å²) in [4.78, 5) is 27.4. The molecule has 0 saturated carbocycles. The number of carbonyl (C=O) groups is 1. The van der Waals surface area contributed by atoms with Gasteiger partial charge in [0.15, 0.2) is 0 Å². The molecule has 1 aliphatic heterocycles. The fourth-order valence-corrected chi connectivity index (χ4v) is 3.92. The van der Waals surface area contributed by atoms with E-state index in [0.29, 0.717) is 40.1 Å². The number of phenols is 1. The Bertz CT molecular complexity index is 1150. The Morgan fingerprint density at radius 2 is 2.00 bits per heavy atom.